The topological polar surface area (TPSA) is 89.8 Å². The Morgan fingerprint density at radius 2 is 1.62 bits per heavy atom. The Morgan fingerprint density at radius 1 is 1.00 bits per heavy atom. The van der Waals surface area contributed by atoms with Crippen LogP contribution in [-0.2, 0) is 13.5 Å². The lowest BCUT2D eigenvalue weighted by atomic mass is 9.95. The van der Waals surface area contributed by atoms with E-state index in [2.05, 4.69) is 34.5 Å². The summed E-state index contributed by atoms with van der Waals surface area (Å²) in [5, 5.41) is 16.7. The van der Waals surface area contributed by atoms with Gasteiger partial charge in [0, 0.05) is 24.6 Å². The van der Waals surface area contributed by atoms with E-state index in [0.717, 1.165) is 22.6 Å². The fraction of sp³-hybridized carbons (Fsp3) is 0.208. The minimum atomic E-state index is -0.531. The molecule has 2 heterocycles. The lowest BCUT2D eigenvalue weighted by Crippen LogP contribution is -2.31. The summed E-state index contributed by atoms with van der Waals surface area (Å²) in [6.45, 7) is 4.19. The van der Waals surface area contributed by atoms with Crippen molar-refractivity contribution in [2.75, 3.05) is 5.32 Å². The number of carbonyl (C=O) groups is 1. The molecule has 0 spiro atoms. The summed E-state index contributed by atoms with van der Waals surface area (Å²) in [5.41, 5.74) is 2.14. The molecule has 2 aromatic heterocycles. The number of rotatable bonds is 6. The number of aryl methyl sites for hydroxylation is 1. The number of benzene rings is 2. The Balaban J connectivity index is 1.85. The van der Waals surface area contributed by atoms with Crippen LogP contribution in [-0.4, -0.2) is 25.9 Å². The summed E-state index contributed by atoms with van der Waals surface area (Å²) in [6.07, 6.45) is 0.776. The van der Waals surface area contributed by atoms with E-state index in [1.54, 1.807) is 7.05 Å². The molecule has 0 aliphatic heterocycles. The first-order valence-electron chi connectivity index (χ1n) is 10.3. The average molecular weight is 446 g/mol. The van der Waals surface area contributed by atoms with Crippen LogP contribution >= 0.6 is 11.3 Å². The molecule has 7 nitrogen and oxygen atoms in total. The van der Waals surface area contributed by atoms with Gasteiger partial charge >= 0.3 is 0 Å². The van der Waals surface area contributed by atoms with E-state index in [1.807, 2.05) is 60.7 Å². The minimum Gasteiger partial charge on any atom is -0.296 e. The van der Waals surface area contributed by atoms with Gasteiger partial charge in [-0.25, -0.2) is 4.68 Å². The van der Waals surface area contributed by atoms with E-state index in [9.17, 15) is 9.59 Å². The van der Waals surface area contributed by atoms with Crippen molar-refractivity contribution in [2.45, 2.75) is 20.3 Å². The van der Waals surface area contributed by atoms with Gasteiger partial charge in [0.2, 0.25) is 5.13 Å². The SMILES string of the molecule is CC(C)Cc1nnc(NC(=O)c2c(-c3ccccc3)c(-c3ccccc3)nn(C)c2=O)s1. The third-order valence-corrected chi connectivity index (χ3v) is 5.71. The number of nitrogens with zero attached hydrogens (tertiary/aromatic N) is 4. The van der Waals surface area contributed by atoms with Crippen molar-refractivity contribution in [1.29, 1.82) is 0 Å². The second-order valence-electron chi connectivity index (χ2n) is 7.81. The smallest absolute Gasteiger partial charge is 0.280 e. The first-order valence-corrected chi connectivity index (χ1v) is 11.1. The largest absolute Gasteiger partial charge is 0.296 e. The van der Waals surface area contributed by atoms with Crippen molar-refractivity contribution in [3.63, 3.8) is 0 Å². The zero-order valence-electron chi connectivity index (χ0n) is 18.1. The number of carbonyl (C=O) groups excluding carboxylic acids is 1. The van der Waals surface area contributed by atoms with Crippen molar-refractivity contribution in [1.82, 2.24) is 20.0 Å². The molecule has 162 valence electrons. The van der Waals surface area contributed by atoms with Crippen LogP contribution in [0.3, 0.4) is 0 Å². The first kappa shape index (κ1) is 21.6. The summed E-state index contributed by atoms with van der Waals surface area (Å²) in [7, 11) is 1.55. The summed E-state index contributed by atoms with van der Waals surface area (Å²) >= 11 is 1.32. The van der Waals surface area contributed by atoms with Gasteiger partial charge < -0.3 is 0 Å². The van der Waals surface area contributed by atoms with E-state index >= 15 is 0 Å². The molecule has 4 aromatic rings. The van der Waals surface area contributed by atoms with E-state index in [1.165, 1.54) is 16.0 Å². The van der Waals surface area contributed by atoms with Crippen LogP contribution in [0.25, 0.3) is 22.4 Å². The molecule has 2 aromatic carbocycles. The maximum Gasteiger partial charge on any atom is 0.280 e. The zero-order chi connectivity index (χ0) is 22.7. The number of nitrogens with one attached hydrogen (secondary N) is 1. The second-order valence-corrected chi connectivity index (χ2v) is 8.87. The van der Waals surface area contributed by atoms with Gasteiger partial charge in [-0.2, -0.15) is 5.10 Å². The first-order chi connectivity index (χ1) is 15.4. The minimum absolute atomic E-state index is 0.0214. The van der Waals surface area contributed by atoms with Crippen LogP contribution in [0.1, 0.15) is 29.2 Å². The number of aromatic nitrogens is 4. The average Bonchev–Trinajstić information content (AvgIpc) is 3.22. The third-order valence-electron chi connectivity index (χ3n) is 4.85. The van der Waals surface area contributed by atoms with Crippen molar-refractivity contribution in [3.8, 4) is 22.4 Å². The molecule has 8 heteroatoms. The van der Waals surface area contributed by atoms with Crippen LogP contribution in [0, 0.1) is 5.92 Å². The molecule has 0 bridgehead atoms. The lowest BCUT2D eigenvalue weighted by molar-refractivity contribution is 0.102. The maximum absolute atomic E-state index is 13.4. The predicted molar refractivity (Wildman–Crippen MR) is 127 cm³/mol. The lowest BCUT2D eigenvalue weighted by Gasteiger charge is -2.15. The third kappa shape index (κ3) is 4.50. The van der Waals surface area contributed by atoms with Crippen LogP contribution in [0.2, 0.25) is 0 Å². The Hall–Kier alpha value is -3.65. The summed E-state index contributed by atoms with van der Waals surface area (Å²) < 4.78 is 1.20. The van der Waals surface area contributed by atoms with Gasteiger partial charge in [-0.1, -0.05) is 85.8 Å². The van der Waals surface area contributed by atoms with Crippen LogP contribution < -0.4 is 10.9 Å². The molecule has 0 atom stereocenters. The van der Waals surface area contributed by atoms with E-state index in [4.69, 9.17) is 0 Å². The molecule has 1 N–H and O–H groups in total. The highest BCUT2D eigenvalue weighted by molar-refractivity contribution is 7.15. The molecular formula is C24H23N5O2S. The Morgan fingerprint density at radius 3 is 2.25 bits per heavy atom. The van der Waals surface area contributed by atoms with Crippen LogP contribution in [0.4, 0.5) is 5.13 Å². The Labute approximate surface area is 189 Å². The van der Waals surface area contributed by atoms with Crippen LogP contribution in [0.5, 0.6) is 0 Å². The van der Waals surface area contributed by atoms with E-state index in [-0.39, 0.29) is 5.56 Å². The quantitative estimate of drug-likeness (QED) is 0.475. The maximum atomic E-state index is 13.4. The molecule has 0 saturated heterocycles. The van der Waals surface area contributed by atoms with Gasteiger partial charge in [0.25, 0.3) is 11.5 Å². The van der Waals surface area contributed by atoms with E-state index in [0.29, 0.717) is 22.3 Å². The van der Waals surface area contributed by atoms with Gasteiger partial charge in [-0.3, -0.25) is 14.9 Å². The molecular weight excluding hydrogens is 422 g/mol. The van der Waals surface area contributed by atoms with Crippen LogP contribution in [0.15, 0.2) is 65.5 Å². The fourth-order valence-electron chi connectivity index (χ4n) is 3.42. The standard InChI is InChI=1S/C24H23N5O2S/c1-15(2)14-18-26-27-24(32-18)25-22(30)20-19(16-10-6-4-7-11-16)21(28-29(3)23(20)31)17-12-8-5-9-13-17/h4-13,15H,14H2,1-3H3,(H,25,27,30). The number of hydrogen-bond acceptors (Lipinski definition) is 6. The van der Waals surface area contributed by atoms with Gasteiger partial charge in [-0.05, 0) is 11.5 Å². The van der Waals surface area contributed by atoms with Gasteiger partial charge in [0.05, 0.1) is 5.69 Å². The van der Waals surface area contributed by atoms with Gasteiger partial charge in [0.15, 0.2) is 0 Å². The molecule has 32 heavy (non-hydrogen) atoms. The monoisotopic (exact) mass is 445 g/mol. The van der Waals surface area contributed by atoms with Gasteiger partial charge in [0.1, 0.15) is 10.6 Å². The molecule has 4 rings (SSSR count). The molecule has 0 aliphatic rings. The summed E-state index contributed by atoms with van der Waals surface area (Å²) in [4.78, 5) is 26.5. The molecule has 1 amide bonds. The normalized spacial score (nSPS) is 11.0. The highest BCUT2D eigenvalue weighted by atomic mass is 32.1. The van der Waals surface area contributed by atoms with E-state index < -0.39 is 11.5 Å². The molecule has 0 fully saturated rings. The fourth-order valence-corrected chi connectivity index (χ4v) is 4.37. The number of amides is 1. The zero-order valence-corrected chi connectivity index (χ0v) is 18.9. The number of hydrogen-bond donors (Lipinski definition) is 1. The van der Waals surface area contributed by atoms with Crippen molar-refractivity contribution in [2.24, 2.45) is 13.0 Å². The molecule has 0 saturated carbocycles. The highest BCUT2D eigenvalue weighted by Crippen LogP contribution is 2.32. The van der Waals surface area contributed by atoms with Crippen molar-refractivity contribution in [3.05, 3.63) is 81.6 Å². The predicted octanol–water partition coefficient (Wildman–Crippen LogP) is 4.42. The summed E-state index contributed by atoms with van der Waals surface area (Å²) in [5.74, 6) is -0.103. The molecule has 0 aliphatic carbocycles. The second kappa shape index (κ2) is 9.23. The Kier molecular flexibility index (Phi) is 6.23. The van der Waals surface area contributed by atoms with Crippen molar-refractivity contribution >= 4 is 22.4 Å². The molecule has 0 radical (unpaired) electrons. The van der Waals surface area contributed by atoms with Gasteiger partial charge in [-0.15, -0.1) is 10.2 Å². The Bertz CT molecular complexity index is 1300. The molecule has 0 unspecified atom stereocenters. The number of anilines is 1. The summed E-state index contributed by atoms with van der Waals surface area (Å²) in [6, 6.07) is 18.9. The highest BCUT2D eigenvalue weighted by Gasteiger charge is 2.25. The van der Waals surface area contributed by atoms with Crippen molar-refractivity contribution < 1.29 is 4.79 Å².